The third-order valence-corrected chi connectivity index (χ3v) is 3.01. The molecule has 0 saturated carbocycles. The van der Waals surface area contributed by atoms with Gasteiger partial charge in [-0.1, -0.05) is 38.0 Å². The molecular weight excluding hydrogens is 278 g/mol. The van der Waals surface area contributed by atoms with Crippen molar-refractivity contribution < 1.29 is 9.52 Å². The van der Waals surface area contributed by atoms with Gasteiger partial charge in [-0.05, 0) is 18.6 Å². The Kier molecular flexibility index (Phi) is 6.64. The lowest BCUT2D eigenvalue weighted by molar-refractivity contribution is 0.111. The first-order valence-corrected chi connectivity index (χ1v) is 6.55. The molecule has 0 amide bonds. The molecular formula is C14H20ClN3O2. The number of aliphatic hydroxyl groups is 1. The number of aliphatic hydroxyl groups excluding tert-OH is 1. The first-order chi connectivity index (χ1) is 9.22. The summed E-state index contributed by atoms with van der Waals surface area (Å²) in [5.41, 5.74) is 6.73. The molecule has 5 nitrogen and oxygen atoms in total. The summed E-state index contributed by atoms with van der Waals surface area (Å²) < 4.78 is 5.48. The van der Waals surface area contributed by atoms with Crippen molar-refractivity contribution in [1.29, 1.82) is 0 Å². The molecule has 3 N–H and O–H groups in total. The van der Waals surface area contributed by atoms with Crippen molar-refractivity contribution >= 4 is 12.4 Å². The molecule has 0 radical (unpaired) electrons. The monoisotopic (exact) mass is 297 g/mol. The van der Waals surface area contributed by atoms with Crippen molar-refractivity contribution in [2.75, 3.05) is 0 Å². The number of halogens is 1. The van der Waals surface area contributed by atoms with Gasteiger partial charge in [0.1, 0.15) is 6.10 Å². The van der Waals surface area contributed by atoms with Gasteiger partial charge in [0.05, 0.1) is 0 Å². The molecule has 2 rings (SSSR count). The largest absolute Gasteiger partial charge is 0.418 e. The van der Waals surface area contributed by atoms with Crippen molar-refractivity contribution in [3.05, 3.63) is 36.2 Å². The molecule has 2 atom stereocenters. The van der Waals surface area contributed by atoms with Gasteiger partial charge in [-0.2, -0.15) is 0 Å². The predicted molar refractivity (Wildman–Crippen MR) is 79.4 cm³/mol. The highest BCUT2D eigenvalue weighted by Gasteiger charge is 2.22. The summed E-state index contributed by atoms with van der Waals surface area (Å²) in [7, 11) is 0. The predicted octanol–water partition coefficient (Wildman–Crippen LogP) is 2.71. The van der Waals surface area contributed by atoms with E-state index in [-0.39, 0.29) is 24.3 Å². The maximum atomic E-state index is 10.1. The van der Waals surface area contributed by atoms with Crippen molar-refractivity contribution in [1.82, 2.24) is 10.2 Å². The maximum absolute atomic E-state index is 10.1. The lowest BCUT2D eigenvalue weighted by atomic mass is 10.1. The molecule has 0 saturated heterocycles. The Bertz CT molecular complexity index is 504. The number of unbranched alkanes of at least 4 members (excludes halogenated alkanes) is 1. The standard InChI is InChI=1S/C14H19N3O2.ClH/c1-2-3-9-11(15)12(18)14-17-16-13(19-14)10-7-5-4-6-8-10;/h4-8,11-12,18H,2-3,9,15H2,1H3;1H. The first-order valence-electron chi connectivity index (χ1n) is 6.55. The molecule has 1 aromatic heterocycles. The van der Waals surface area contributed by atoms with Crippen LogP contribution in [0.5, 0.6) is 0 Å². The number of nitrogens with zero attached hydrogens (tertiary/aromatic N) is 2. The minimum atomic E-state index is -0.906. The third-order valence-electron chi connectivity index (χ3n) is 3.01. The minimum absolute atomic E-state index is 0. The van der Waals surface area contributed by atoms with E-state index in [1.54, 1.807) is 0 Å². The molecule has 110 valence electrons. The van der Waals surface area contributed by atoms with Crippen molar-refractivity contribution in [3.63, 3.8) is 0 Å². The molecule has 2 aromatic rings. The zero-order valence-corrected chi connectivity index (χ0v) is 12.2. The number of hydrogen-bond acceptors (Lipinski definition) is 5. The van der Waals surface area contributed by atoms with Crippen molar-refractivity contribution in [3.8, 4) is 11.5 Å². The minimum Gasteiger partial charge on any atom is -0.418 e. The van der Waals surface area contributed by atoms with E-state index in [9.17, 15) is 5.11 Å². The average molecular weight is 298 g/mol. The quantitative estimate of drug-likeness (QED) is 0.856. The topological polar surface area (TPSA) is 85.2 Å². The molecule has 1 aromatic carbocycles. The average Bonchev–Trinajstić information content (AvgIpc) is 2.94. The molecule has 0 aliphatic carbocycles. The Balaban J connectivity index is 0.00000200. The fourth-order valence-corrected chi connectivity index (χ4v) is 1.83. The van der Waals surface area contributed by atoms with Gasteiger partial charge in [0, 0.05) is 11.6 Å². The SMILES string of the molecule is CCCCC(N)C(O)c1nnc(-c2ccccc2)o1.Cl. The number of nitrogens with two attached hydrogens (primary N) is 1. The van der Waals surface area contributed by atoms with Crippen LogP contribution >= 0.6 is 12.4 Å². The van der Waals surface area contributed by atoms with Crippen LogP contribution in [0.2, 0.25) is 0 Å². The van der Waals surface area contributed by atoms with Crippen LogP contribution in [0.1, 0.15) is 38.2 Å². The van der Waals surface area contributed by atoms with Crippen molar-refractivity contribution in [2.45, 2.75) is 38.3 Å². The number of rotatable bonds is 6. The number of aromatic nitrogens is 2. The van der Waals surface area contributed by atoms with Crippen LogP contribution in [-0.4, -0.2) is 21.3 Å². The Hall–Kier alpha value is -1.43. The lowest BCUT2D eigenvalue weighted by Gasteiger charge is -2.14. The van der Waals surface area contributed by atoms with Crippen LogP contribution < -0.4 is 5.73 Å². The van der Waals surface area contributed by atoms with Crippen LogP contribution in [0.15, 0.2) is 34.7 Å². The fraction of sp³-hybridized carbons (Fsp3) is 0.429. The van der Waals surface area contributed by atoms with Gasteiger partial charge in [0.25, 0.3) is 0 Å². The van der Waals surface area contributed by atoms with Crippen LogP contribution in [0.3, 0.4) is 0 Å². The fourth-order valence-electron chi connectivity index (χ4n) is 1.83. The van der Waals surface area contributed by atoms with Gasteiger partial charge in [0.2, 0.25) is 11.8 Å². The summed E-state index contributed by atoms with van der Waals surface area (Å²) in [6.45, 7) is 2.08. The molecule has 1 heterocycles. The highest BCUT2D eigenvalue weighted by Crippen LogP contribution is 2.22. The molecule has 0 aliphatic rings. The van der Waals surface area contributed by atoms with Crippen molar-refractivity contribution in [2.24, 2.45) is 5.73 Å². The summed E-state index contributed by atoms with van der Waals surface area (Å²) >= 11 is 0. The van der Waals surface area contributed by atoms with Crippen LogP contribution in [-0.2, 0) is 0 Å². The molecule has 6 heteroatoms. The Morgan fingerprint density at radius 2 is 1.95 bits per heavy atom. The molecule has 20 heavy (non-hydrogen) atoms. The van der Waals surface area contributed by atoms with Crippen LogP contribution in [0.25, 0.3) is 11.5 Å². The van der Waals surface area contributed by atoms with E-state index in [4.69, 9.17) is 10.2 Å². The Labute approximate surface area is 124 Å². The second kappa shape index (κ2) is 7.99. The van der Waals surface area contributed by atoms with Gasteiger partial charge in [-0.3, -0.25) is 0 Å². The van der Waals surface area contributed by atoms with Gasteiger partial charge in [0.15, 0.2) is 0 Å². The lowest BCUT2D eigenvalue weighted by Crippen LogP contribution is -2.28. The second-order valence-corrected chi connectivity index (χ2v) is 4.56. The summed E-state index contributed by atoms with van der Waals surface area (Å²) in [6, 6.07) is 9.08. The van der Waals surface area contributed by atoms with E-state index in [1.165, 1.54) is 0 Å². The zero-order chi connectivity index (χ0) is 13.7. The highest BCUT2D eigenvalue weighted by molar-refractivity contribution is 5.85. The molecule has 0 bridgehead atoms. The molecule has 0 spiro atoms. The summed E-state index contributed by atoms with van der Waals surface area (Å²) in [4.78, 5) is 0. The summed E-state index contributed by atoms with van der Waals surface area (Å²) in [5.74, 6) is 0.583. The number of hydrogen-bond donors (Lipinski definition) is 2. The highest BCUT2D eigenvalue weighted by atomic mass is 35.5. The second-order valence-electron chi connectivity index (χ2n) is 4.56. The van der Waals surface area contributed by atoms with E-state index in [0.29, 0.717) is 5.89 Å². The van der Waals surface area contributed by atoms with Gasteiger partial charge >= 0.3 is 0 Å². The van der Waals surface area contributed by atoms with Gasteiger partial charge < -0.3 is 15.3 Å². The van der Waals surface area contributed by atoms with E-state index in [1.807, 2.05) is 30.3 Å². The normalized spacial score (nSPS) is 13.6. The Morgan fingerprint density at radius 3 is 2.60 bits per heavy atom. The smallest absolute Gasteiger partial charge is 0.247 e. The van der Waals surface area contributed by atoms with Gasteiger partial charge in [-0.25, -0.2) is 0 Å². The first kappa shape index (κ1) is 16.6. The molecule has 0 aliphatic heterocycles. The molecule has 2 unspecified atom stereocenters. The zero-order valence-electron chi connectivity index (χ0n) is 11.4. The maximum Gasteiger partial charge on any atom is 0.247 e. The van der Waals surface area contributed by atoms with Crippen LogP contribution in [0.4, 0.5) is 0 Å². The number of benzene rings is 1. The van der Waals surface area contributed by atoms with Crippen LogP contribution in [0, 0.1) is 0 Å². The van der Waals surface area contributed by atoms with E-state index < -0.39 is 6.10 Å². The summed E-state index contributed by atoms with van der Waals surface area (Å²) in [6.07, 6.45) is 1.84. The van der Waals surface area contributed by atoms with E-state index >= 15 is 0 Å². The van der Waals surface area contributed by atoms with E-state index in [2.05, 4.69) is 17.1 Å². The molecule has 0 fully saturated rings. The Morgan fingerprint density at radius 1 is 1.25 bits per heavy atom. The van der Waals surface area contributed by atoms with Gasteiger partial charge in [-0.15, -0.1) is 22.6 Å². The van der Waals surface area contributed by atoms with E-state index in [0.717, 1.165) is 24.8 Å². The summed E-state index contributed by atoms with van der Waals surface area (Å²) in [5, 5.41) is 17.9. The third kappa shape index (κ3) is 4.03.